The molecule has 262 valence electrons. The highest BCUT2D eigenvalue weighted by Crippen LogP contribution is 2.39. The maximum Gasteiger partial charge on any atom is 0.328 e. The van der Waals surface area contributed by atoms with Crippen molar-refractivity contribution < 1.29 is 28.9 Å². The topological polar surface area (TPSA) is 109 Å². The number of rotatable bonds is 12. The van der Waals surface area contributed by atoms with Crippen molar-refractivity contribution in [3.63, 3.8) is 0 Å². The summed E-state index contributed by atoms with van der Waals surface area (Å²) in [5, 5.41) is 15.2. The van der Waals surface area contributed by atoms with E-state index in [1.165, 1.54) is 26.4 Å². The summed E-state index contributed by atoms with van der Waals surface area (Å²) < 4.78 is 18.1. The lowest BCUT2D eigenvalue weighted by molar-refractivity contribution is -0.253. The fourth-order valence-electron chi connectivity index (χ4n) is 6.81. The van der Waals surface area contributed by atoms with Crippen molar-refractivity contribution in [1.82, 2.24) is 15.5 Å². The summed E-state index contributed by atoms with van der Waals surface area (Å²) in [7, 11) is 1.32. The van der Waals surface area contributed by atoms with Crippen LogP contribution in [0.5, 0.6) is 0 Å². The number of aliphatic hydroxyl groups is 1. The zero-order valence-corrected chi connectivity index (χ0v) is 28.6. The van der Waals surface area contributed by atoms with E-state index in [0.29, 0.717) is 6.42 Å². The van der Waals surface area contributed by atoms with Gasteiger partial charge in [0.15, 0.2) is 6.29 Å². The fourth-order valence-corrected chi connectivity index (χ4v) is 6.81. The second-order valence-corrected chi connectivity index (χ2v) is 13.1. The first kappa shape index (κ1) is 35.3. The second kappa shape index (κ2) is 17.4. The summed E-state index contributed by atoms with van der Waals surface area (Å²) in [5.74, 6) is -0.501. The number of nitrogens with one attached hydrogen (secondary N) is 2. The summed E-state index contributed by atoms with van der Waals surface area (Å²) in [6, 6.07) is 32.4. The van der Waals surface area contributed by atoms with Crippen LogP contribution in [0, 0.1) is 0 Å². The molecule has 0 bridgehead atoms. The molecule has 0 radical (unpaired) electrons. The van der Waals surface area contributed by atoms with Gasteiger partial charge < -0.3 is 34.9 Å². The summed E-state index contributed by atoms with van der Waals surface area (Å²) in [4.78, 5) is 27.9. The highest BCUT2D eigenvalue weighted by Gasteiger charge is 2.33. The molecule has 9 heteroatoms. The molecule has 0 aliphatic carbocycles. The van der Waals surface area contributed by atoms with Crippen LogP contribution in [-0.4, -0.2) is 60.9 Å². The first-order valence-electron chi connectivity index (χ1n) is 17.6. The number of hydrogen-bond acceptors (Lipinski definition) is 7. The average molecular weight is 678 g/mol. The Kier molecular flexibility index (Phi) is 12.3. The van der Waals surface area contributed by atoms with E-state index in [1.807, 2.05) is 78.9 Å². The Hall–Kier alpha value is -4.54. The zero-order chi connectivity index (χ0) is 34.7. The maximum absolute atomic E-state index is 12.9. The number of benzene rings is 4. The highest BCUT2D eigenvalue weighted by molar-refractivity contribution is 5.84. The van der Waals surface area contributed by atoms with Gasteiger partial charge in [-0.1, -0.05) is 110 Å². The van der Waals surface area contributed by atoms with Crippen molar-refractivity contribution in [2.24, 2.45) is 0 Å². The third-order valence-corrected chi connectivity index (χ3v) is 9.55. The van der Waals surface area contributed by atoms with Gasteiger partial charge in [-0.3, -0.25) is 0 Å². The Morgan fingerprint density at radius 2 is 1.54 bits per heavy atom. The fraction of sp³-hybridized carbons (Fsp3) is 0.366. The minimum Gasteiger partial charge on any atom is -0.467 e. The molecule has 2 amide bonds. The van der Waals surface area contributed by atoms with E-state index in [4.69, 9.17) is 14.2 Å². The number of ether oxygens (including phenoxy) is 3. The molecule has 0 saturated carbocycles. The van der Waals surface area contributed by atoms with Crippen LogP contribution in [0.1, 0.15) is 65.9 Å². The molecule has 3 N–H and O–H groups in total. The monoisotopic (exact) mass is 677 g/mol. The van der Waals surface area contributed by atoms with Gasteiger partial charge in [0.2, 0.25) is 0 Å². The predicted octanol–water partition coefficient (Wildman–Crippen LogP) is 6.46. The number of urea groups is 1. The third-order valence-electron chi connectivity index (χ3n) is 9.55. The number of methoxy groups -OCH3 is 1. The highest BCUT2D eigenvalue weighted by atomic mass is 16.7. The van der Waals surface area contributed by atoms with Gasteiger partial charge in [-0.05, 0) is 59.3 Å². The Morgan fingerprint density at radius 3 is 2.26 bits per heavy atom. The van der Waals surface area contributed by atoms with Gasteiger partial charge in [0.25, 0.3) is 0 Å². The van der Waals surface area contributed by atoms with Crippen molar-refractivity contribution in [3.8, 4) is 11.1 Å². The van der Waals surface area contributed by atoms with Gasteiger partial charge in [0, 0.05) is 31.5 Å². The molecule has 0 unspecified atom stereocenters. The molecule has 4 aromatic carbocycles. The van der Waals surface area contributed by atoms with Crippen molar-refractivity contribution >= 4 is 12.0 Å². The van der Waals surface area contributed by atoms with Gasteiger partial charge >= 0.3 is 12.0 Å². The van der Waals surface area contributed by atoms with Crippen molar-refractivity contribution in [3.05, 3.63) is 131 Å². The molecule has 6 rings (SSSR count). The number of esters is 1. The SMILES string of the molecule is COC(=O)[C@H](Cc1ccccc1)NC(=O)NCc1ccccc1-c1ccc([C@@H]2O[C@H](CN3CCCCC3)C[C@H](c3ccc(CO)cc3)O2)cc1. The Morgan fingerprint density at radius 1 is 0.840 bits per heavy atom. The molecule has 0 aromatic heterocycles. The Balaban J connectivity index is 1.13. The normalized spacial score (nSPS) is 20.1. The van der Waals surface area contributed by atoms with Crippen LogP contribution in [0.15, 0.2) is 103 Å². The molecule has 4 atom stereocenters. The molecule has 50 heavy (non-hydrogen) atoms. The molecule has 2 heterocycles. The van der Waals surface area contributed by atoms with Crippen molar-refractivity contribution in [1.29, 1.82) is 0 Å². The second-order valence-electron chi connectivity index (χ2n) is 13.1. The first-order valence-corrected chi connectivity index (χ1v) is 17.6. The summed E-state index contributed by atoms with van der Waals surface area (Å²) in [5.41, 5.74) is 6.75. The lowest BCUT2D eigenvalue weighted by Gasteiger charge is -2.39. The molecule has 0 spiro atoms. The van der Waals surface area contributed by atoms with Crippen molar-refractivity contribution in [2.75, 3.05) is 26.7 Å². The van der Waals surface area contributed by atoms with Gasteiger partial charge in [-0.25, -0.2) is 9.59 Å². The number of carbonyl (C=O) groups is 2. The van der Waals surface area contributed by atoms with Crippen molar-refractivity contribution in [2.45, 2.75) is 69.8 Å². The molecule has 4 aromatic rings. The number of carbonyl (C=O) groups excluding carboxylic acids is 2. The van der Waals surface area contributed by atoms with E-state index in [-0.39, 0.29) is 25.4 Å². The summed E-state index contributed by atoms with van der Waals surface area (Å²) in [6.07, 6.45) is 4.22. The van der Waals surface area contributed by atoms with Crippen LogP contribution in [0.3, 0.4) is 0 Å². The maximum atomic E-state index is 12.9. The number of piperidine rings is 1. The number of nitrogens with zero attached hydrogens (tertiary/aromatic N) is 1. The molecule has 2 aliphatic heterocycles. The van der Waals surface area contributed by atoms with E-state index in [1.54, 1.807) is 0 Å². The van der Waals surface area contributed by atoms with Crippen LogP contribution in [0.25, 0.3) is 11.1 Å². The minimum absolute atomic E-state index is 0.0124. The lowest BCUT2D eigenvalue weighted by atomic mass is 9.97. The molecule has 9 nitrogen and oxygen atoms in total. The number of likely N-dealkylation sites (tertiary alicyclic amines) is 1. The molecular formula is C41H47N3O6. The summed E-state index contributed by atoms with van der Waals surface area (Å²) in [6.45, 7) is 3.37. The van der Waals surface area contributed by atoms with Gasteiger partial charge in [-0.15, -0.1) is 0 Å². The minimum atomic E-state index is -0.812. The number of amides is 2. The number of aliphatic hydroxyl groups excluding tert-OH is 1. The van der Waals surface area contributed by atoms with Gasteiger partial charge in [0.05, 0.1) is 25.9 Å². The quantitative estimate of drug-likeness (QED) is 0.148. The van der Waals surface area contributed by atoms with E-state index in [9.17, 15) is 14.7 Å². The van der Waals surface area contributed by atoms with E-state index < -0.39 is 24.3 Å². The molecular weight excluding hydrogens is 630 g/mol. The van der Waals surface area contributed by atoms with Gasteiger partial charge in [0.1, 0.15) is 6.04 Å². The van der Waals surface area contributed by atoms with E-state index in [2.05, 4.69) is 39.8 Å². The third kappa shape index (κ3) is 9.37. The van der Waals surface area contributed by atoms with Crippen LogP contribution >= 0.6 is 0 Å². The summed E-state index contributed by atoms with van der Waals surface area (Å²) >= 11 is 0. The first-order chi connectivity index (χ1) is 24.5. The molecule has 2 fully saturated rings. The molecule has 2 aliphatic rings. The Labute approximate surface area is 294 Å². The zero-order valence-electron chi connectivity index (χ0n) is 28.6. The lowest BCUT2D eigenvalue weighted by Crippen LogP contribution is -2.47. The standard InChI is InChI=1S/C41H47N3O6/c1-48-39(46)37(24-29-10-4-2-5-11-29)43-41(47)42-26-34-12-6-7-13-36(34)31-18-20-33(21-19-31)40-49-35(27-44-22-8-3-9-23-44)25-38(50-40)32-16-14-30(28-45)15-17-32/h2,4-7,10-21,35,37-38,40,45H,3,8-9,22-28H2,1H3,(H2,42,43,47)/t35-,37-,38+,40+/m0/s1. The predicted molar refractivity (Wildman–Crippen MR) is 192 cm³/mol. The van der Waals surface area contributed by atoms with E-state index in [0.717, 1.165) is 65.0 Å². The Bertz CT molecular complexity index is 1680. The van der Waals surface area contributed by atoms with Crippen LogP contribution < -0.4 is 10.6 Å². The van der Waals surface area contributed by atoms with Crippen LogP contribution in [0.2, 0.25) is 0 Å². The van der Waals surface area contributed by atoms with Gasteiger partial charge in [-0.2, -0.15) is 0 Å². The smallest absolute Gasteiger partial charge is 0.328 e. The number of hydrogen-bond donors (Lipinski definition) is 3. The van der Waals surface area contributed by atoms with Crippen LogP contribution in [0.4, 0.5) is 4.79 Å². The average Bonchev–Trinajstić information content (AvgIpc) is 3.17. The molecule has 2 saturated heterocycles. The van der Waals surface area contributed by atoms with E-state index >= 15 is 0 Å². The van der Waals surface area contributed by atoms with Crippen LogP contribution in [-0.2, 0) is 38.6 Å². The largest absolute Gasteiger partial charge is 0.467 e.